The molecule has 2 aliphatic rings. The molecular weight excluding hydrogens is 343 g/mol. The average Bonchev–Trinajstić information content (AvgIpc) is 3.06. The highest BCUT2D eigenvalue weighted by Crippen LogP contribution is 2.41. The van der Waals surface area contributed by atoms with Crippen molar-refractivity contribution in [3.63, 3.8) is 0 Å². The van der Waals surface area contributed by atoms with E-state index in [-0.39, 0.29) is 12.8 Å². The summed E-state index contributed by atoms with van der Waals surface area (Å²) in [5, 5.41) is 0. The number of benzene rings is 2. The number of alkyl halides is 3. The smallest absolute Gasteiger partial charge is 0.416 e. The molecule has 0 spiro atoms. The Labute approximate surface area is 149 Å². The Morgan fingerprint density at radius 3 is 2.46 bits per heavy atom. The van der Waals surface area contributed by atoms with Crippen LogP contribution in [0.4, 0.5) is 13.2 Å². The lowest BCUT2D eigenvalue weighted by Gasteiger charge is -2.32. The van der Waals surface area contributed by atoms with Crippen LogP contribution in [0.2, 0.25) is 0 Å². The quantitative estimate of drug-likeness (QED) is 0.766. The maximum Gasteiger partial charge on any atom is 0.416 e. The van der Waals surface area contributed by atoms with E-state index in [0.29, 0.717) is 6.42 Å². The molecule has 26 heavy (non-hydrogen) atoms. The van der Waals surface area contributed by atoms with Gasteiger partial charge in [0.25, 0.3) is 0 Å². The molecule has 0 fully saturated rings. The number of nitrogens with zero attached hydrogens (tertiary/aromatic N) is 1. The van der Waals surface area contributed by atoms with Crippen LogP contribution < -0.4 is 9.47 Å². The van der Waals surface area contributed by atoms with Crippen LogP contribution in [0.25, 0.3) is 6.08 Å². The van der Waals surface area contributed by atoms with Crippen LogP contribution >= 0.6 is 0 Å². The summed E-state index contributed by atoms with van der Waals surface area (Å²) < 4.78 is 49.0. The highest BCUT2D eigenvalue weighted by Gasteiger charge is 2.30. The first-order valence-electron chi connectivity index (χ1n) is 8.41. The summed E-state index contributed by atoms with van der Waals surface area (Å²) in [6, 6.07) is 9.52. The SMILES string of the molecule is CN1C=Cc2cc3c(cc2C1CCc1ccc(C(F)(F)F)cc1)OCO3. The first kappa shape index (κ1) is 16.8. The third-order valence-corrected chi connectivity index (χ3v) is 4.91. The molecule has 6 heteroatoms. The number of hydrogen-bond acceptors (Lipinski definition) is 3. The largest absolute Gasteiger partial charge is 0.454 e. The minimum absolute atomic E-state index is 0.131. The number of halogens is 3. The first-order chi connectivity index (χ1) is 12.4. The number of fused-ring (bicyclic) bond motifs is 2. The van der Waals surface area contributed by atoms with Crippen molar-refractivity contribution in [2.24, 2.45) is 0 Å². The summed E-state index contributed by atoms with van der Waals surface area (Å²) in [6.07, 6.45) is 1.23. The summed E-state index contributed by atoms with van der Waals surface area (Å²) in [6.45, 7) is 0.230. The maximum atomic E-state index is 12.7. The number of hydrogen-bond donors (Lipinski definition) is 0. The second-order valence-electron chi connectivity index (χ2n) is 6.56. The van der Waals surface area contributed by atoms with E-state index in [1.54, 1.807) is 12.1 Å². The molecule has 0 radical (unpaired) electrons. The molecule has 3 nitrogen and oxygen atoms in total. The van der Waals surface area contributed by atoms with Gasteiger partial charge in [-0.25, -0.2) is 0 Å². The van der Waals surface area contributed by atoms with E-state index < -0.39 is 11.7 Å². The lowest BCUT2D eigenvalue weighted by atomic mass is 9.91. The van der Waals surface area contributed by atoms with E-state index in [4.69, 9.17) is 9.47 Å². The van der Waals surface area contributed by atoms with Gasteiger partial charge in [-0.2, -0.15) is 13.2 Å². The summed E-state index contributed by atoms with van der Waals surface area (Å²) in [5.74, 6) is 1.49. The number of rotatable bonds is 3. The van der Waals surface area contributed by atoms with Crippen molar-refractivity contribution in [3.8, 4) is 11.5 Å². The van der Waals surface area contributed by atoms with Crippen LogP contribution in [0.3, 0.4) is 0 Å². The number of ether oxygens (including phenoxy) is 2. The molecule has 1 unspecified atom stereocenters. The highest BCUT2D eigenvalue weighted by atomic mass is 19.4. The topological polar surface area (TPSA) is 21.7 Å². The van der Waals surface area contributed by atoms with Crippen LogP contribution in [-0.2, 0) is 12.6 Å². The van der Waals surface area contributed by atoms with Gasteiger partial charge in [0.1, 0.15) is 0 Å². The molecule has 4 rings (SSSR count). The summed E-state index contributed by atoms with van der Waals surface area (Å²) in [5.41, 5.74) is 2.51. The fourth-order valence-electron chi connectivity index (χ4n) is 3.45. The van der Waals surface area contributed by atoms with Gasteiger partial charge in [0.05, 0.1) is 11.6 Å². The predicted octanol–water partition coefficient (Wildman–Crippen LogP) is 5.02. The predicted molar refractivity (Wildman–Crippen MR) is 91.9 cm³/mol. The lowest BCUT2D eigenvalue weighted by molar-refractivity contribution is -0.137. The van der Waals surface area contributed by atoms with Crippen LogP contribution in [0.15, 0.2) is 42.6 Å². The van der Waals surface area contributed by atoms with Gasteiger partial charge >= 0.3 is 6.18 Å². The standard InChI is InChI=1S/C20H18F3NO2/c1-24-9-8-14-10-18-19(26-12-25-18)11-16(14)17(24)7-4-13-2-5-15(6-3-13)20(21,22)23/h2-3,5-6,8-11,17H,4,7,12H2,1H3. The van der Waals surface area contributed by atoms with Crippen molar-refractivity contribution < 1.29 is 22.6 Å². The van der Waals surface area contributed by atoms with Gasteiger partial charge < -0.3 is 14.4 Å². The zero-order chi connectivity index (χ0) is 18.3. The minimum Gasteiger partial charge on any atom is -0.454 e. The average molecular weight is 361 g/mol. The maximum absolute atomic E-state index is 12.7. The highest BCUT2D eigenvalue weighted by molar-refractivity contribution is 5.63. The normalized spacial score (nSPS) is 18.2. The van der Waals surface area contributed by atoms with Crippen molar-refractivity contribution >= 4 is 6.08 Å². The van der Waals surface area contributed by atoms with Gasteiger partial charge in [0.15, 0.2) is 11.5 Å². The fourth-order valence-corrected chi connectivity index (χ4v) is 3.45. The lowest BCUT2D eigenvalue weighted by Crippen LogP contribution is -2.23. The van der Waals surface area contributed by atoms with Gasteiger partial charge in [-0.3, -0.25) is 0 Å². The molecule has 0 amide bonds. The van der Waals surface area contributed by atoms with Gasteiger partial charge in [-0.05, 0) is 66.1 Å². The van der Waals surface area contributed by atoms with E-state index in [1.807, 2.05) is 31.5 Å². The molecule has 0 aliphatic carbocycles. The van der Waals surface area contributed by atoms with Gasteiger partial charge in [-0.15, -0.1) is 0 Å². The summed E-state index contributed by atoms with van der Waals surface area (Å²) in [4.78, 5) is 2.12. The third-order valence-electron chi connectivity index (χ3n) is 4.91. The molecule has 2 heterocycles. The fraction of sp³-hybridized carbons (Fsp3) is 0.300. The summed E-state index contributed by atoms with van der Waals surface area (Å²) >= 11 is 0. The Bertz CT molecular complexity index is 843. The third kappa shape index (κ3) is 3.11. The van der Waals surface area contributed by atoms with Crippen molar-refractivity contribution in [1.29, 1.82) is 0 Å². The Morgan fingerprint density at radius 1 is 1.08 bits per heavy atom. The molecule has 0 N–H and O–H groups in total. The Balaban J connectivity index is 1.53. The van der Waals surface area contributed by atoms with Crippen LogP contribution in [0.5, 0.6) is 11.5 Å². The second-order valence-corrected chi connectivity index (χ2v) is 6.56. The zero-order valence-electron chi connectivity index (χ0n) is 14.2. The van der Waals surface area contributed by atoms with Crippen LogP contribution in [-0.4, -0.2) is 18.7 Å². The molecule has 0 saturated heterocycles. The molecule has 2 aromatic carbocycles. The van der Waals surface area contributed by atoms with Crippen molar-refractivity contribution in [2.45, 2.75) is 25.1 Å². The minimum atomic E-state index is -4.30. The molecule has 2 aromatic rings. The molecule has 136 valence electrons. The van der Waals surface area contributed by atoms with E-state index in [1.165, 1.54) is 0 Å². The van der Waals surface area contributed by atoms with E-state index in [9.17, 15) is 13.2 Å². The Morgan fingerprint density at radius 2 is 1.77 bits per heavy atom. The van der Waals surface area contributed by atoms with Gasteiger partial charge in [0.2, 0.25) is 6.79 Å². The number of aryl methyl sites for hydroxylation is 1. The van der Waals surface area contributed by atoms with Crippen LogP contribution in [0, 0.1) is 0 Å². The molecular formula is C20H18F3NO2. The molecule has 0 aromatic heterocycles. The van der Waals surface area contributed by atoms with Crippen molar-refractivity contribution in [2.75, 3.05) is 13.8 Å². The monoisotopic (exact) mass is 361 g/mol. The van der Waals surface area contributed by atoms with Crippen molar-refractivity contribution in [1.82, 2.24) is 4.90 Å². The first-order valence-corrected chi connectivity index (χ1v) is 8.41. The zero-order valence-corrected chi connectivity index (χ0v) is 14.2. The second kappa shape index (κ2) is 6.27. The molecule has 1 atom stereocenters. The molecule has 0 saturated carbocycles. The van der Waals surface area contributed by atoms with Crippen LogP contribution in [0.1, 0.15) is 34.7 Å². The molecule has 0 bridgehead atoms. The van der Waals surface area contributed by atoms with Gasteiger partial charge in [-0.1, -0.05) is 12.1 Å². The Kier molecular flexibility index (Phi) is 4.05. The van der Waals surface area contributed by atoms with Crippen molar-refractivity contribution in [3.05, 3.63) is 64.9 Å². The molecule has 2 aliphatic heterocycles. The van der Waals surface area contributed by atoms with E-state index in [0.717, 1.165) is 46.7 Å². The van der Waals surface area contributed by atoms with E-state index in [2.05, 4.69) is 4.90 Å². The van der Waals surface area contributed by atoms with E-state index >= 15 is 0 Å². The Hall–Kier alpha value is -2.63. The summed E-state index contributed by atoms with van der Waals surface area (Å²) in [7, 11) is 2.00. The van der Waals surface area contributed by atoms with Gasteiger partial charge in [0, 0.05) is 7.05 Å².